The first kappa shape index (κ1) is 20.4. The van der Waals surface area contributed by atoms with E-state index in [4.69, 9.17) is 11.6 Å². The van der Waals surface area contributed by atoms with E-state index in [0.29, 0.717) is 11.6 Å². The van der Waals surface area contributed by atoms with E-state index in [2.05, 4.69) is 0 Å². The summed E-state index contributed by atoms with van der Waals surface area (Å²) in [5.41, 5.74) is 2.79. The van der Waals surface area contributed by atoms with Gasteiger partial charge in [-0.3, -0.25) is 4.79 Å². The van der Waals surface area contributed by atoms with Gasteiger partial charge >= 0.3 is 0 Å². The van der Waals surface area contributed by atoms with Crippen molar-refractivity contribution < 1.29 is 13.2 Å². The highest BCUT2D eigenvalue weighted by Gasteiger charge is 2.24. The first-order valence-corrected chi connectivity index (χ1v) is 9.95. The standard InChI is InChI=1S/C19H23ClN2O3S/c1-14-8-9-18(10-15(14)2)26(24,25)22(4)13-19(23)21(3)12-16-6-5-7-17(20)11-16/h5-11H,12-13H2,1-4H3. The molecule has 140 valence electrons. The van der Waals surface area contributed by atoms with Crippen LogP contribution in [0.25, 0.3) is 0 Å². The van der Waals surface area contributed by atoms with Gasteiger partial charge in [0.15, 0.2) is 0 Å². The predicted octanol–water partition coefficient (Wildman–Crippen LogP) is 3.24. The molecule has 0 aliphatic rings. The molecule has 5 nitrogen and oxygen atoms in total. The Balaban J connectivity index is 2.08. The average Bonchev–Trinajstić information content (AvgIpc) is 2.57. The molecule has 0 aliphatic heterocycles. The van der Waals surface area contributed by atoms with Crippen LogP contribution in [0.3, 0.4) is 0 Å². The highest BCUT2D eigenvalue weighted by Crippen LogP contribution is 2.18. The van der Waals surface area contributed by atoms with Gasteiger partial charge in [-0.05, 0) is 54.8 Å². The molecule has 0 spiro atoms. The topological polar surface area (TPSA) is 57.7 Å². The molecule has 2 aromatic rings. The van der Waals surface area contributed by atoms with Gasteiger partial charge in [0, 0.05) is 25.7 Å². The van der Waals surface area contributed by atoms with E-state index < -0.39 is 10.0 Å². The molecule has 0 aromatic heterocycles. The Hall–Kier alpha value is -1.89. The molecule has 0 bridgehead atoms. The molecule has 0 saturated carbocycles. The van der Waals surface area contributed by atoms with Gasteiger partial charge in [0.05, 0.1) is 11.4 Å². The van der Waals surface area contributed by atoms with E-state index in [0.717, 1.165) is 21.0 Å². The normalized spacial score (nSPS) is 11.6. The van der Waals surface area contributed by atoms with Crippen molar-refractivity contribution in [3.8, 4) is 0 Å². The zero-order chi connectivity index (χ0) is 19.5. The largest absolute Gasteiger partial charge is 0.340 e. The van der Waals surface area contributed by atoms with Crippen LogP contribution in [0.4, 0.5) is 0 Å². The van der Waals surface area contributed by atoms with Crippen LogP contribution in [-0.2, 0) is 21.4 Å². The summed E-state index contributed by atoms with van der Waals surface area (Å²) in [6.07, 6.45) is 0. The van der Waals surface area contributed by atoms with E-state index >= 15 is 0 Å². The molecule has 0 unspecified atom stereocenters. The van der Waals surface area contributed by atoms with Crippen molar-refractivity contribution in [3.63, 3.8) is 0 Å². The summed E-state index contributed by atoms with van der Waals surface area (Å²) in [7, 11) is -0.671. The van der Waals surface area contributed by atoms with Gasteiger partial charge in [0.2, 0.25) is 15.9 Å². The lowest BCUT2D eigenvalue weighted by molar-refractivity contribution is -0.130. The number of sulfonamides is 1. The molecule has 0 heterocycles. The van der Waals surface area contributed by atoms with Crippen molar-refractivity contribution in [1.82, 2.24) is 9.21 Å². The summed E-state index contributed by atoms with van der Waals surface area (Å²) in [5, 5.41) is 0.595. The fraction of sp³-hybridized carbons (Fsp3) is 0.316. The minimum absolute atomic E-state index is 0.188. The van der Waals surface area contributed by atoms with E-state index in [1.165, 1.54) is 11.9 Å². The number of nitrogens with zero attached hydrogens (tertiary/aromatic N) is 2. The molecule has 0 radical (unpaired) electrons. The smallest absolute Gasteiger partial charge is 0.243 e. The Labute approximate surface area is 160 Å². The third-order valence-corrected chi connectivity index (χ3v) is 6.31. The Morgan fingerprint density at radius 1 is 1.04 bits per heavy atom. The molecule has 1 amide bonds. The van der Waals surface area contributed by atoms with Crippen molar-refractivity contribution in [1.29, 1.82) is 0 Å². The van der Waals surface area contributed by atoms with Gasteiger partial charge in [-0.1, -0.05) is 29.8 Å². The van der Waals surface area contributed by atoms with E-state index in [1.807, 2.05) is 26.0 Å². The monoisotopic (exact) mass is 394 g/mol. The molecule has 2 aromatic carbocycles. The lowest BCUT2D eigenvalue weighted by atomic mass is 10.1. The first-order chi connectivity index (χ1) is 12.1. The second kappa shape index (κ2) is 8.20. The molecule has 0 saturated heterocycles. The van der Waals surface area contributed by atoms with Crippen molar-refractivity contribution in [2.45, 2.75) is 25.3 Å². The number of halogens is 1. The average molecular weight is 395 g/mol. The highest BCUT2D eigenvalue weighted by atomic mass is 35.5. The SMILES string of the molecule is Cc1ccc(S(=O)(=O)N(C)CC(=O)N(C)Cc2cccc(Cl)c2)cc1C. The van der Waals surface area contributed by atoms with Crippen molar-refractivity contribution >= 4 is 27.5 Å². The fourth-order valence-corrected chi connectivity index (χ4v) is 3.87. The maximum atomic E-state index is 12.7. The number of hydrogen-bond donors (Lipinski definition) is 0. The number of rotatable bonds is 6. The molecule has 0 atom stereocenters. The zero-order valence-corrected chi connectivity index (χ0v) is 16.9. The number of amides is 1. The number of hydrogen-bond acceptors (Lipinski definition) is 3. The van der Waals surface area contributed by atoms with E-state index in [9.17, 15) is 13.2 Å². The molecular formula is C19H23ClN2O3S. The molecule has 0 N–H and O–H groups in total. The van der Waals surface area contributed by atoms with Crippen LogP contribution < -0.4 is 0 Å². The van der Waals surface area contributed by atoms with E-state index in [1.54, 1.807) is 37.4 Å². The minimum atomic E-state index is -3.72. The Bertz CT molecular complexity index is 913. The third-order valence-electron chi connectivity index (χ3n) is 4.28. The fourth-order valence-electron chi connectivity index (χ4n) is 2.45. The highest BCUT2D eigenvalue weighted by molar-refractivity contribution is 7.89. The number of aryl methyl sites for hydroxylation is 2. The molecule has 0 aliphatic carbocycles. The molecule has 2 rings (SSSR count). The summed E-state index contributed by atoms with van der Waals surface area (Å²) in [4.78, 5) is 14.1. The van der Waals surface area contributed by atoms with Crippen molar-refractivity contribution in [2.24, 2.45) is 0 Å². The van der Waals surface area contributed by atoms with Gasteiger partial charge in [-0.2, -0.15) is 4.31 Å². The Morgan fingerprint density at radius 2 is 1.73 bits per heavy atom. The molecule has 7 heteroatoms. The van der Waals surface area contributed by atoms with Crippen molar-refractivity contribution in [3.05, 3.63) is 64.2 Å². The first-order valence-electron chi connectivity index (χ1n) is 8.13. The van der Waals surface area contributed by atoms with E-state index in [-0.39, 0.29) is 17.3 Å². The van der Waals surface area contributed by atoms with Gasteiger partial charge in [-0.25, -0.2) is 8.42 Å². The van der Waals surface area contributed by atoms with Crippen LogP contribution in [0, 0.1) is 13.8 Å². The second-order valence-corrected chi connectivity index (χ2v) is 8.87. The van der Waals surface area contributed by atoms with Crippen LogP contribution in [-0.4, -0.2) is 44.2 Å². The lowest BCUT2D eigenvalue weighted by Gasteiger charge is -2.22. The maximum absolute atomic E-state index is 12.7. The van der Waals surface area contributed by atoms with Crippen molar-refractivity contribution in [2.75, 3.05) is 20.6 Å². The van der Waals surface area contributed by atoms with Gasteiger partial charge in [0.25, 0.3) is 0 Å². The van der Waals surface area contributed by atoms with Crippen LogP contribution >= 0.6 is 11.6 Å². The predicted molar refractivity (Wildman–Crippen MR) is 104 cm³/mol. The maximum Gasteiger partial charge on any atom is 0.243 e. The quantitative estimate of drug-likeness (QED) is 0.755. The molecule has 26 heavy (non-hydrogen) atoms. The summed E-state index contributed by atoms with van der Waals surface area (Å²) >= 11 is 5.95. The second-order valence-electron chi connectivity index (χ2n) is 6.39. The Kier molecular flexibility index (Phi) is 6.44. The Morgan fingerprint density at radius 3 is 2.35 bits per heavy atom. The zero-order valence-electron chi connectivity index (χ0n) is 15.4. The summed E-state index contributed by atoms with van der Waals surface area (Å²) < 4.78 is 26.5. The number of carbonyl (C=O) groups excluding carboxylic acids is 1. The van der Waals surface area contributed by atoms with Crippen LogP contribution in [0.1, 0.15) is 16.7 Å². The molecular weight excluding hydrogens is 372 g/mol. The summed E-state index contributed by atoms with van der Waals surface area (Å²) in [6.45, 7) is 3.91. The lowest BCUT2D eigenvalue weighted by Crippen LogP contribution is -2.39. The van der Waals surface area contributed by atoms with Gasteiger partial charge < -0.3 is 4.90 Å². The number of likely N-dealkylation sites (N-methyl/N-ethyl adjacent to an activating group) is 2. The van der Waals surface area contributed by atoms with Gasteiger partial charge in [-0.15, -0.1) is 0 Å². The van der Waals surface area contributed by atoms with Crippen LogP contribution in [0.5, 0.6) is 0 Å². The van der Waals surface area contributed by atoms with Gasteiger partial charge in [0.1, 0.15) is 0 Å². The number of benzene rings is 2. The minimum Gasteiger partial charge on any atom is -0.340 e. The summed E-state index contributed by atoms with van der Waals surface area (Å²) in [6, 6.07) is 12.2. The summed E-state index contributed by atoms with van der Waals surface area (Å²) in [5.74, 6) is -0.292. The van der Waals surface area contributed by atoms with Crippen LogP contribution in [0.15, 0.2) is 47.4 Å². The molecule has 0 fully saturated rings. The number of carbonyl (C=O) groups is 1. The third kappa shape index (κ3) is 4.84. The van der Waals surface area contributed by atoms with Crippen LogP contribution in [0.2, 0.25) is 5.02 Å².